The molecule has 2 aromatic carbocycles. The van der Waals surface area contributed by atoms with Crippen LogP contribution < -0.4 is 4.90 Å². The smallest absolute Gasteiger partial charge is 0.338 e. The predicted octanol–water partition coefficient (Wildman–Crippen LogP) is 3.76. The first-order valence-electron chi connectivity index (χ1n) is 8.31. The average Bonchev–Trinajstić information content (AvgIpc) is 3.14. The Labute approximate surface area is 165 Å². The maximum Gasteiger partial charge on any atom is 0.338 e. The Hall–Kier alpha value is -2.57. The molecule has 138 valence electrons. The van der Waals surface area contributed by atoms with Crippen molar-refractivity contribution in [3.8, 4) is 0 Å². The first-order valence-corrected chi connectivity index (χ1v) is 9.06. The maximum absolute atomic E-state index is 12.8. The lowest BCUT2D eigenvalue weighted by molar-refractivity contribution is -0.119. The third-order valence-corrected chi connectivity index (χ3v) is 5.03. The summed E-state index contributed by atoms with van der Waals surface area (Å²) in [6.45, 7) is 0.165. The SMILES string of the molecule is O=C(OC1CC2C(=O)N(c3cc(Cl)cc(Cl)c3)C(=O)N2C1)c1ccccc1. The third-order valence-electron chi connectivity index (χ3n) is 4.59. The molecule has 0 N–H and O–H groups in total. The summed E-state index contributed by atoms with van der Waals surface area (Å²) in [4.78, 5) is 40.2. The molecule has 2 aliphatic rings. The van der Waals surface area contributed by atoms with Crippen LogP contribution in [0.1, 0.15) is 16.8 Å². The van der Waals surface area contributed by atoms with Crippen molar-refractivity contribution in [1.82, 2.24) is 4.90 Å². The van der Waals surface area contributed by atoms with E-state index in [9.17, 15) is 14.4 Å². The number of nitrogens with zero attached hydrogens (tertiary/aromatic N) is 2. The Morgan fingerprint density at radius 1 is 1.04 bits per heavy atom. The van der Waals surface area contributed by atoms with E-state index < -0.39 is 24.1 Å². The van der Waals surface area contributed by atoms with Gasteiger partial charge in [-0.1, -0.05) is 41.4 Å². The molecule has 0 bridgehead atoms. The highest BCUT2D eigenvalue weighted by molar-refractivity contribution is 6.35. The number of halogens is 2. The summed E-state index contributed by atoms with van der Waals surface area (Å²) in [5.41, 5.74) is 0.757. The van der Waals surface area contributed by atoms with Crippen molar-refractivity contribution in [3.63, 3.8) is 0 Å². The summed E-state index contributed by atoms with van der Waals surface area (Å²) in [5, 5.41) is 0.666. The number of benzene rings is 2. The number of hydrogen-bond acceptors (Lipinski definition) is 4. The number of imide groups is 1. The van der Waals surface area contributed by atoms with Crippen molar-refractivity contribution in [2.45, 2.75) is 18.6 Å². The minimum absolute atomic E-state index is 0.165. The fraction of sp³-hybridized carbons (Fsp3) is 0.211. The van der Waals surface area contributed by atoms with Gasteiger partial charge in [0.1, 0.15) is 12.1 Å². The van der Waals surface area contributed by atoms with Gasteiger partial charge in [-0.25, -0.2) is 14.5 Å². The normalized spacial score (nSPS) is 21.6. The number of anilines is 1. The van der Waals surface area contributed by atoms with Gasteiger partial charge in [0.05, 0.1) is 17.8 Å². The van der Waals surface area contributed by atoms with Crippen LogP contribution in [0, 0.1) is 0 Å². The lowest BCUT2D eigenvalue weighted by Crippen LogP contribution is -2.36. The van der Waals surface area contributed by atoms with Gasteiger partial charge >= 0.3 is 12.0 Å². The van der Waals surface area contributed by atoms with Crippen molar-refractivity contribution >= 4 is 46.8 Å². The molecule has 2 unspecified atom stereocenters. The Bertz CT molecular complexity index is 890. The number of rotatable bonds is 3. The second-order valence-electron chi connectivity index (χ2n) is 6.38. The van der Waals surface area contributed by atoms with E-state index in [0.29, 0.717) is 21.3 Å². The Balaban J connectivity index is 1.49. The van der Waals surface area contributed by atoms with E-state index in [2.05, 4.69) is 0 Å². The molecule has 4 rings (SSSR count). The van der Waals surface area contributed by atoms with Gasteiger partial charge in [0, 0.05) is 16.5 Å². The molecular weight excluding hydrogens is 391 g/mol. The largest absolute Gasteiger partial charge is 0.457 e. The fourth-order valence-electron chi connectivity index (χ4n) is 3.40. The first kappa shape index (κ1) is 17.8. The highest BCUT2D eigenvalue weighted by Gasteiger charge is 2.52. The highest BCUT2D eigenvalue weighted by Crippen LogP contribution is 2.35. The summed E-state index contributed by atoms with van der Waals surface area (Å²) >= 11 is 12.0. The van der Waals surface area contributed by atoms with Crippen LogP contribution in [-0.4, -0.2) is 41.5 Å². The highest BCUT2D eigenvalue weighted by atomic mass is 35.5. The summed E-state index contributed by atoms with van der Waals surface area (Å²) < 4.78 is 5.46. The zero-order chi connectivity index (χ0) is 19.1. The molecule has 8 heteroatoms. The molecule has 2 fully saturated rings. The molecule has 2 heterocycles. The number of amides is 3. The molecular formula is C19H14Cl2N2O4. The van der Waals surface area contributed by atoms with Crippen LogP contribution in [-0.2, 0) is 9.53 Å². The van der Waals surface area contributed by atoms with Gasteiger partial charge < -0.3 is 9.64 Å². The molecule has 3 amide bonds. The quantitative estimate of drug-likeness (QED) is 0.576. The van der Waals surface area contributed by atoms with Crippen LogP contribution in [0.2, 0.25) is 10.0 Å². The van der Waals surface area contributed by atoms with E-state index in [-0.39, 0.29) is 18.9 Å². The number of esters is 1. The van der Waals surface area contributed by atoms with Crippen LogP contribution in [0.3, 0.4) is 0 Å². The molecule has 2 saturated heterocycles. The van der Waals surface area contributed by atoms with E-state index in [0.717, 1.165) is 4.90 Å². The zero-order valence-electron chi connectivity index (χ0n) is 14.0. The van der Waals surface area contributed by atoms with Crippen molar-refractivity contribution in [3.05, 3.63) is 64.1 Å². The molecule has 0 spiro atoms. The third kappa shape index (κ3) is 3.26. The van der Waals surface area contributed by atoms with E-state index in [1.165, 1.54) is 23.1 Å². The number of ether oxygens (including phenoxy) is 1. The van der Waals surface area contributed by atoms with Gasteiger partial charge in [0.15, 0.2) is 0 Å². The van der Waals surface area contributed by atoms with Crippen LogP contribution >= 0.6 is 23.2 Å². The van der Waals surface area contributed by atoms with E-state index in [4.69, 9.17) is 27.9 Å². The van der Waals surface area contributed by atoms with Gasteiger partial charge in [-0.2, -0.15) is 0 Å². The molecule has 0 saturated carbocycles. The van der Waals surface area contributed by atoms with Gasteiger partial charge in [-0.05, 0) is 30.3 Å². The summed E-state index contributed by atoms with van der Waals surface area (Å²) in [6, 6.07) is 12.0. The van der Waals surface area contributed by atoms with Crippen LogP contribution in [0.15, 0.2) is 48.5 Å². The molecule has 6 nitrogen and oxygen atoms in total. The predicted molar refractivity (Wildman–Crippen MR) is 100 cm³/mol. The second-order valence-corrected chi connectivity index (χ2v) is 7.25. The number of hydrogen-bond donors (Lipinski definition) is 0. The molecule has 0 aliphatic carbocycles. The zero-order valence-corrected chi connectivity index (χ0v) is 15.5. The van der Waals surface area contributed by atoms with E-state index >= 15 is 0 Å². The summed E-state index contributed by atoms with van der Waals surface area (Å²) in [6.07, 6.45) is -0.269. The lowest BCUT2D eigenvalue weighted by atomic mass is 10.1. The molecule has 0 aromatic heterocycles. The van der Waals surface area contributed by atoms with Crippen LogP contribution in [0.4, 0.5) is 10.5 Å². The average molecular weight is 405 g/mol. The van der Waals surface area contributed by atoms with Gasteiger partial charge in [-0.15, -0.1) is 0 Å². The van der Waals surface area contributed by atoms with Crippen molar-refractivity contribution in [2.24, 2.45) is 0 Å². The monoisotopic (exact) mass is 404 g/mol. The number of carbonyl (C=O) groups is 3. The maximum atomic E-state index is 12.8. The van der Waals surface area contributed by atoms with Gasteiger partial charge in [-0.3, -0.25) is 4.79 Å². The number of fused-ring (bicyclic) bond motifs is 1. The fourth-order valence-corrected chi connectivity index (χ4v) is 3.91. The van der Waals surface area contributed by atoms with Crippen molar-refractivity contribution in [2.75, 3.05) is 11.4 Å². The molecule has 2 aliphatic heterocycles. The Morgan fingerprint density at radius 3 is 2.33 bits per heavy atom. The minimum Gasteiger partial charge on any atom is -0.457 e. The Morgan fingerprint density at radius 2 is 1.70 bits per heavy atom. The molecule has 2 aromatic rings. The van der Waals surface area contributed by atoms with Crippen molar-refractivity contribution < 1.29 is 19.1 Å². The lowest BCUT2D eigenvalue weighted by Gasteiger charge is -2.18. The number of carbonyl (C=O) groups excluding carboxylic acids is 3. The van der Waals surface area contributed by atoms with E-state index in [1.54, 1.807) is 30.3 Å². The van der Waals surface area contributed by atoms with Crippen LogP contribution in [0.25, 0.3) is 0 Å². The number of urea groups is 1. The van der Waals surface area contributed by atoms with E-state index in [1.807, 2.05) is 0 Å². The molecule has 2 atom stereocenters. The summed E-state index contributed by atoms with van der Waals surface area (Å²) in [5.74, 6) is -0.850. The second kappa shape index (κ2) is 6.87. The van der Waals surface area contributed by atoms with Gasteiger partial charge in [0.2, 0.25) is 0 Å². The minimum atomic E-state index is -0.663. The molecule has 0 radical (unpaired) electrons. The van der Waals surface area contributed by atoms with Crippen LogP contribution in [0.5, 0.6) is 0 Å². The topological polar surface area (TPSA) is 66.9 Å². The first-order chi connectivity index (χ1) is 12.9. The Kier molecular flexibility index (Phi) is 4.53. The summed E-state index contributed by atoms with van der Waals surface area (Å²) in [7, 11) is 0. The van der Waals surface area contributed by atoms with Crippen molar-refractivity contribution in [1.29, 1.82) is 0 Å². The molecule has 27 heavy (non-hydrogen) atoms. The standard InChI is InChI=1S/C19H14Cl2N2O4/c20-12-6-13(21)8-14(7-12)23-17(24)16-9-15(10-22(16)19(23)26)27-18(25)11-4-2-1-3-5-11/h1-8,15-16H,9-10H2. The van der Waals surface area contributed by atoms with Gasteiger partial charge in [0.25, 0.3) is 5.91 Å².